The minimum absolute atomic E-state index is 0.489. The standard InChI is InChI=1S/C23H24N6O/c1-28-13-15-29(16-14-28)18-9-7-17(8-10-18)25-23-26-21-20(11-12-24-21)22(27-23)30-19-5-3-2-4-6-19/h2-12H,13-16H2,1H3,(H2,24,25,26,27). The van der Waals surface area contributed by atoms with Crippen LogP contribution in [0, 0.1) is 0 Å². The Balaban J connectivity index is 1.36. The number of para-hydroxylation sites is 1. The Labute approximate surface area is 175 Å². The maximum atomic E-state index is 6.01. The predicted molar refractivity (Wildman–Crippen MR) is 120 cm³/mol. The van der Waals surface area contributed by atoms with Crippen LogP contribution in [0.5, 0.6) is 11.6 Å². The number of hydrogen-bond donors (Lipinski definition) is 2. The van der Waals surface area contributed by atoms with Crippen LogP contribution < -0.4 is 15.0 Å². The highest BCUT2D eigenvalue weighted by molar-refractivity contribution is 5.82. The summed E-state index contributed by atoms with van der Waals surface area (Å²) in [4.78, 5) is 17.1. The number of fused-ring (bicyclic) bond motifs is 1. The molecule has 7 heteroatoms. The molecule has 0 bridgehead atoms. The number of ether oxygens (including phenoxy) is 1. The first kappa shape index (κ1) is 18.4. The van der Waals surface area contributed by atoms with Crippen LogP contribution in [-0.4, -0.2) is 53.1 Å². The van der Waals surface area contributed by atoms with Gasteiger partial charge in [-0.2, -0.15) is 9.97 Å². The van der Waals surface area contributed by atoms with Crippen LogP contribution >= 0.6 is 0 Å². The summed E-state index contributed by atoms with van der Waals surface area (Å²) in [6.07, 6.45) is 1.84. The minimum Gasteiger partial charge on any atom is -0.438 e. The number of piperazine rings is 1. The van der Waals surface area contributed by atoms with E-state index >= 15 is 0 Å². The molecule has 0 saturated carbocycles. The molecule has 1 fully saturated rings. The lowest BCUT2D eigenvalue weighted by atomic mass is 10.2. The first-order chi connectivity index (χ1) is 14.7. The van der Waals surface area contributed by atoms with E-state index in [2.05, 4.69) is 61.4 Å². The number of anilines is 3. The smallest absolute Gasteiger partial charge is 0.233 e. The molecule has 2 aromatic carbocycles. The van der Waals surface area contributed by atoms with E-state index in [-0.39, 0.29) is 0 Å². The highest BCUT2D eigenvalue weighted by Gasteiger charge is 2.15. The van der Waals surface area contributed by atoms with E-state index in [9.17, 15) is 0 Å². The molecule has 0 unspecified atom stereocenters. The number of H-pyrrole nitrogens is 1. The molecule has 7 nitrogen and oxygen atoms in total. The van der Waals surface area contributed by atoms with Crippen molar-refractivity contribution >= 4 is 28.4 Å². The second-order valence-electron chi connectivity index (χ2n) is 7.47. The van der Waals surface area contributed by atoms with E-state index < -0.39 is 0 Å². The average molecular weight is 400 g/mol. The SMILES string of the molecule is CN1CCN(c2ccc(Nc3nc(Oc4ccccc4)c4cc[nH]c4n3)cc2)CC1. The summed E-state index contributed by atoms with van der Waals surface area (Å²) in [5.41, 5.74) is 2.90. The number of rotatable bonds is 5. The van der Waals surface area contributed by atoms with E-state index in [1.807, 2.05) is 42.6 Å². The monoisotopic (exact) mass is 400 g/mol. The number of likely N-dealkylation sites (N-methyl/N-ethyl adjacent to an activating group) is 1. The van der Waals surface area contributed by atoms with Crippen LogP contribution in [0.4, 0.5) is 17.3 Å². The van der Waals surface area contributed by atoms with E-state index in [1.54, 1.807) is 0 Å². The zero-order valence-corrected chi connectivity index (χ0v) is 16.9. The van der Waals surface area contributed by atoms with Crippen LogP contribution in [0.1, 0.15) is 0 Å². The lowest BCUT2D eigenvalue weighted by Crippen LogP contribution is -2.44. The molecule has 0 atom stereocenters. The van der Waals surface area contributed by atoms with Gasteiger partial charge in [0.2, 0.25) is 11.8 Å². The third-order valence-electron chi connectivity index (χ3n) is 5.33. The highest BCUT2D eigenvalue weighted by Crippen LogP contribution is 2.29. The summed E-state index contributed by atoms with van der Waals surface area (Å²) in [6, 6.07) is 20.0. The van der Waals surface area contributed by atoms with Gasteiger partial charge in [0.25, 0.3) is 0 Å². The number of nitrogens with zero attached hydrogens (tertiary/aromatic N) is 4. The second kappa shape index (κ2) is 8.04. The first-order valence-electron chi connectivity index (χ1n) is 10.1. The van der Waals surface area contributed by atoms with Crippen LogP contribution in [0.25, 0.3) is 11.0 Å². The van der Waals surface area contributed by atoms with Gasteiger partial charge in [0.1, 0.15) is 11.4 Å². The molecule has 30 heavy (non-hydrogen) atoms. The van der Waals surface area contributed by atoms with E-state index in [0.29, 0.717) is 11.8 Å². The molecule has 5 rings (SSSR count). The molecule has 0 aliphatic carbocycles. The van der Waals surface area contributed by atoms with E-state index in [1.165, 1.54) is 5.69 Å². The fraction of sp³-hybridized carbons (Fsp3) is 0.217. The Kier molecular flexibility index (Phi) is 4.94. The van der Waals surface area contributed by atoms with Crippen molar-refractivity contribution in [1.29, 1.82) is 0 Å². The van der Waals surface area contributed by atoms with Crippen LogP contribution in [0.3, 0.4) is 0 Å². The van der Waals surface area contributed by atoms with Crippen molar-refractivity contribution in [3.05, 3.63) is 66.9 Å². The summed E-state index contributed by atoms with van der Waals surface area (Å²) in [7, 11) is 2.17. The summed E-state index contributed by atoms with van der Waals surface area (Å²) < 4.78 is 6.01. The second-order valence-corrected chi connectivity index (χ2v) is 7.47. The van der Waals surface area contributed by atoms with Crippen molar-refractivity contribution in [2.24, 2.45) is 0 Å². The zero-order valence-electron chi connectivity index (χ0n) is 16.9. The van der Waals surface area contributed by atoms with Crippen molar-refractivity contribution in [3.63, 3.8) is 0 Å². The Hall–Kier alpha value is -3.58. The van der Waals surface area contributed by atoms with Crippen molar-refractivity contribution in [2.75, 3.05) is 43.4 Å². The van der Waals surface area contributed by atoms with Gasteiger partial charge in [-0.3, -0.25) is 0 Å². The van der Waals surface area contributed by atoms with E-state index in [0.717, 1.165) is 48.6 Å². The third-order valence-corrected chi connectivity index (χ3v) is 5.33. The molecular weight excluding hydrogens is 376 g/mol. The molecule has 0 spiro atoms. The van der Waals surface area contributed by atoms with Gasteiger partial charge in [0.15, 0.2) is 0 Å². The fourth-order valence-corrected chi connectivity index (χ4v) is 3.60. The van der Waals surface area contributed by atoms with Crippen LogP contribution in [0.15, 0.2) is 66.9 Å². The average Bonchev–Trinajstić information content (AvgIpc) is 3.25. The Morgan fingerprint density at radius 2 is 1.67 bits per heavy atom. The third kappa shape index (κ3) is 3.92. The molecule has 2 aromatic heterocycles. The van der Waals surface area contributed by atoms with Gasteiger partial charge in [-0.05, 0) is 49.5 Å². The van der Waals surface area contributed by atoms with E-state index in [4.69, 9.17) is 4.74 Å². The largest absolute Gasteiger partial charge is 0.438 e. The van der Waals surface area contributed by atoms with Gasteiger partial charge >= 0.3 is 0 Å². The summed E-state index contributed by atoms with van der Waals surface area (Å²) >= 11 is 0. The molecule has 2 N–H and O–H groups in total. The fourth-order valence-electron chi connectivity index (χ4n) is 3.60. The minimum atomic E-state index is 0.489. The van der Waals surface area contributed by atoms with Gasteiger partial charge < -0.3 is 24.8 Å². The number of aromatic amines is 1. The molecule has 4 aromatic rings. The molecular formula is C23H24N6O. The highest BCUT2D eigenvalue weighted by atomic mass is 16.5. The topological polar surface area (TPSA) is 69.3 Å². The first-order valence-corrected chi connectivity index (χ1v) is 10.1. The maximum absolute atomic E-state index is 6.01. The number of benzene rings is 2. The maximum Gasteiger partial charge on any atom is 0.233 e. The van der Waals surface area contributed by atoms with Crippen molar-refractivity contribution < 1.29 is 4.74 Å². The molecule has 3 heterocycles. The molecule has 152 valence electrons. The predicted octanol–water partition coefficient (Wildman–Crippen LogP) is 4.25. The van der Waals surface area contributed by atoms with Crippen molar-refractivity contribution in [1.82, 2.24) is 19.9 Å². The lowest BCUT2D eigenvalue weighted by Gasteiger charge is -2.34. The molecule has 1 aliphatic heterocycles. The van der Waals surface area contributed by atoms with Crippen molar-refractivity contribution in [2.45, 2.75) is 0 Å². The Morgan fingerprint density at radius 3 is 2.43 bits per heavy atom. The molecule has 0 radical (unpaired) electrons. The Morgan fingerprint density at radius 1 is 0.900 bits per heavy atom. The normalized spacial score (nSPS) is 14.8. The molecule has 1 aliphatic rings. The summed E-state index contributed by atoms with van der Waals surface area (Å²) in [6.45, 7) is 4.29. The Bertz CT molecular complexity index is 1120. The van der Waals surface area contributed by atoms with Gasteiger partial charge in [-0.15, -0.1) is 0 Å². The summed E-state index contributed by atoms with van der Waals surface area (Å²) in [5.74, 6) is 1.74. The van der Waals surface area contributed by atoms with Crippen LogP contribution in [-0.2, 0) is 0 Å². The zero-order chi connectivity index (χ0) is 20.3. The van der Waals surface area contributed by atoms with Gasteiger partial charge in [-0.25, -0.2) is 0 Å². The number of aromatic nitrogens is 3. The molecule has 0 amide bonds. The number of nitrogens with one attached hydrogen (secondary N) is 2. The van der Waals surface area contributed by atoms with Gasteiger partial charge in [0.05, 0.1) is 5.39 Å². The lowest BCUT2D eigenvalue weighted by molar-refractivity contribution is 0.313. The van der Waals surface area contributed by atoms with Crippen molar-refractivity contribution in [3.8, 4) is 11.6 Å². The van der Waals surface area contributed by atoms with Crippen LogP contribution in [0.2, 0.25) is 0 Å². The quantitative estimate of drug-likeness (QED) is 0.522. The van der Waals surface area contributed by atoms with Gasteiger partial charge in [-0.1, -0.05) is 18.2 Å². The molecule has 1 saturated heterocycles. The summed E-state index contributed by atoms with van der Waals surface area (Å²) in [5, 5.41) is 4.14. The number of hydrogen-bond acceptors (Lipinski definition) is 6. The van der Waals surface area contributed by atoms with Gasteiger partial charge in [0, 0.05) is 43.8 Å².